The summed E-state index contributed by atoms with van der Waals surface area (Å²) in [7, 11) is 1.62. The number of halogens is 1. The van der Waals surface area contributed by atoms with Crippen LogP contribution in [-0.4, -0.2) is 12.1 Å². The van der Waals surface area contributed by atoms with E-state index in [1.807, 2.05) is 24.3 Å². The van der Waals surface area contributed by atoms with Crippen molar-refractivity contribution in [2.75, 3.05) is 7.11 Å². The van der Waals surface area contributed by atoms with E-state index in [1.165, 1.54) is 0 Å². The molecule has 1 heterocycles. The summed E-state index contributed by atoms with van der Waals surface area (Å²) < 4.78 is 5.14. The fourth-order valence-electron chi connectivity index (χ4n) is 1.58. The fraction of sp³-hybridized carbons (Fsp3) is 0.154. The van der Waals surface area contributed by atoms with Gasteiger partial charge in [0.25, 0.3) is 0 Å². The third-order valence-electron chi connectivity index (χ3n) is 2.56. The van der Waals surface area contributed by atoms with Gasteiger partial charge in [0, 0.05) is 23.3 Å². The normalized spacial score (nSPS) is 10.3. The molecule has 2 aromatic rings. The van der Waals surface area contributed by atoms with Crippen LogP contribution in [0.1, 0.15) is 5.56 Å². The average molecular weight is 249 g/mol. The summed E-state index contributed by atoms with van der Waals surface area (Å²) in [6.07, 6.45) is 3.44. The van der Waals surface area contributed by atoms with Crippen LogP contribution in [0, 0.1) is 0 Å². The molecule has 88 valence electrons. The monoisotopic (exact) mass is 248 g/mol. The van der Waals surface area contributed by atoms with Crippen molar-refractivity contribution < 1.29 is 4.74 Å². The summed E-state index contributed by atoms with van der Waals surface area (Å²) in [4.78, 5) is 4.11. The van der Waals surface area contributed by atoms with Gasteiger partial charge in [-0.3, -0.25) is 4.98 Å². The number of ether oxygens (including phenoxy) is 1. The molecule has 0 bridgehead atoms. The lowest BCUT2D eigenvalue weighted by Crippen LogP contribution is -1.97. The molecule has 0 unspecified atom stereocenters. The van der Waals surface area contributed by atoms with Crippen LogP contribution >= 0.6 is 11.6 Å². The molecule has 4 heteroatoms. The molecule has 0 radical (unpaired) electrons. The van der Waals surface area contributed by atoms with E-state index in [0.717, 1.165) is 22.4 Å². The maximum Gasteiger partial charge on any atom is 0.137 e. The van der Waals surface area contributed by atoms with Crippen molar-refractivity contribution >= 4 is 11.6 Å². The van der Waals surface area contributed by atoms with Gasteiger partial charge in [0.1, 0.15) is 5.75 Å². The lowest BCUT2D eigenvalue weighted by Gasteiger charge is -2.06. The SMILES string of the molecule is COc1cncc(-c2ccc(CN)c(Cl)c2)c1. The molecule has 0 atom stereocenters. The van der Waals surface area contributed by atoms with E-state index in [4.69, 9.17) is 22.1 Å². The highest BCUT2D eigenvalue weighted by Crippen LogP contribution is 2.27. The van der Waals surface area contributed by atoms with E-state index in [1.54, 1.807) is 19.5 Å². The Morgan fingerprint density at radius 1 is 1.24 bits per heavy atom. The summed E-state index contributed by atoms with van der Waals surface area (Å²) >= 11 is 6.12. The average Bonchev–Trinajstić information content (AvgIpc) is 2.38. The van der Waals surface area contributed by atoms with Crippen LogP contribution in [0.3, 0.4) is 0 Å². The van der Waals surface area contributed by atoms with Crippen molar-refractivity contribution in [3.05, 3.63) is 47.2 Å². The predicted molar refractivity (Wildman–Crippen MR) is 69.1 cm³/mol. The zero-order valence-corrected chi connectivity index (χ0v) is 10.2. The Kier molecular flexibility index (Phi) is 3.61. The topological polar surface area (TPSA) is 48.1 Å². The number of hydrogen-bond donors (Lipinski definition) is 1. The van der Waals surface area contributed by atoms with Gasteiger partial charge in [-0.05, 0) is 23.3 Å². The zero-order chi connectivity index (χ0) is 12.3. The summed E-state index contributed by atoms with van der Waals surface area (Å²) in [6, 6.07) is 7.71. The maximum absolute atomic E-state index is 6.12. The minimum Gasteiger partial charge on any atom is -0.495 e. The first-order chi connectivity index (χ1) is 8.24. The minimum atomic E-state index is 0.440. The third kappa shape index (κ3) is 2.57. The van der Waals surface area contributed by atoms with Crippen LogP contribution in [0.5, 0.6) is 5.75 Å². The van der Waals surface area contributed by atoms with Gasteiger partial charge >= 0.3 is 0 Å². The molecular formula is C13H13ClN2O. The Morgan fingerprint density at radius 3 is 2.71 bits per heavy atom. The first-order valence-corrected chi connectivity index (χ1v) is 5.60. The Morgan fingerprint density at radius 2 is 2.06 bits per heavy atom. The molecule has 2 N–H and O–H groups in total. The molecule has 0 aliphatic rings. The molecule has 0 aliphatic carbocycles. The van der Waals surface area contributed by atoms with E-state index in [0.29, 0.717) is 11.6 Å². The molecule has 0 spiro atoms. The van der Waals surface area contributed by atoms with Gasteiger partial charge in [-0.2, -0.15) is 0 Å². The van der Waals surface area contributed by atoms with Crippen LogP contribution in [0.15, 0.2) is 36.7 Å². The first-order valence-electron chi connectivity index (χ1n) is 5.22. The van der Waals surface area contributed by atoms with Crippen LogP contribution in [0.4, 0.5) is 0 Å². The van der Waals surface area contributed by atoms with Crippen molar-refractivity contribution in [2.45, 2.75) is 6.54 Å². The molecule has 17 heavy (non-hydrogen) atoms. The molecule has 1 aromatic heterocycles. The van der Waals surface area contributed by atoms with E-state index in [-0.39, 0.29) is 0 Å². The Labute approximate surface area is 105 Å². The second-order valence-corrected chi connectivity index (χ2v) is 4.03. The van der Waals surface area contributed by atoms with Gasteiger partial charge in [-0.15, -0.1) is 0 Å². The van der Waals surface area contributed by atoms with E-state index >= 15 is 0 Å². The maximum atomic E-state index is 6.12. The predicted octanol–water partition coefficient (Wildman–Crippen LogP) is 2.87. The first kappa shape index (κ1) is 11.9. The summed E-state index contributed by atoms with van der Waals surface area (Å²) in [6.45, 7) is 0.440. The number of benzene rings is 1. The van der Waals surface area contributed by atoms with Crippen LogP contribution in [0.2, 0.25) is 5.02 Å². The highest BCUT2D eigenvalue weighted by atomic mass is 35.5. The summed E-state index contributed by atoms with van der Waals surface area (Å²) in [5.41, 5.74) is 8.47. The molecule has 0 saturated heterocycles. The van der Waals surface area contributed by atoms with Crippen LogP contribution in [-0.2, 0) is 6.54 Å². The number of methoxy groups -OCH3 is 1. The molecular weight excluding hydrogens is 236 g/mol. The third-order valence-corrected chi connectivity index (χ3v) is 2.91. The number of pyridine rings is 1. The van der Waals surface area contributed by atoms with Crippen molar-refractivity contribution in [1.29, 1.82) is 0 Å². The number of rotatable bonds is 3. The van der Waals surface area contributed by atoms with Gasteiger partial charge in [-0.1, -0.05) is 23.7 Å². The lowest BCUT2D eigenvalue weighted by molar-refractivity contribution is 0.413. The number of hydrogen-bond acceptors (Lipinski definition) is 3. The largest absolute Gasteiger partial charge is 0.495 e. The summed E-state index contributed by atoms with van der Waals surface area (Å²) in [5.74, 6) is 0.724. The number of nitrogens with two attached hydrogens (primary N) is 1. The number of aromatic nitrogens is 1. The Balaban J connectivity index is 2.42. The van der Waals surface area contributed by atoms with Gasteiger partial charge < -0.3 is 10.5 Å². The van der Waals surface area contributed by atoms with Gasteiger partial charge in [0.05, 0.1) is 13.3 Å². The van der Waals surface area contributed by atoms with E-state index < -0.39 is 0 Å². The molecule has 0 aliphatic heterocycles. The fourth-order valence-corrected chi connectivity index (χ4v) is 1.84. The van der Waals surface area contributed by atoms with Crippen molar-refractivity contribution in [2.24, 2.45) is 5.73 Å². The number of nitrogens with zero attached hydrogens (tertiary/aromatic N) is 1. The van der Waals surface area contributed by atoms with Gasteiger partial charge in [0.2, 0.25) is 0 Å². The highest BCUT2D eigenvalue weighted by Gasteiger charge is 2.04. The second-order valence-electron chi connectivity index (χ2n) is 3.62. The van der Waals surface area contributed by atoms with Crippen molar-refractivity contribution in [1.82, 2.24) is 4.98 Å². The van der Waals surface area contributed by atoms with Crippen molar-refractivity contribution in [3.8, 4) is 16.9 Å². The highest BCUT2D eigenvalue weighted by molar-refractivity contribution is 6.31. The standard InChI is InChI=1S/C13H13ClN2O/c1-17-12-4-11(7-16-8-12)9-2-3-10(6-15)13(14)5-9/h2-5,7-8H,6,15H2,1H3. The molecule has 3 nitrogen and oxygen atoms in total. The molecule has 0 fully saturated rings. The van der Waals surface area contributed by atoms with Crippen LogP contribution < -0.4 is 10.5 Å². The summed E-state index contributed by atoms with van der Waals surface area (Å²) in [5, 5.41) is 0.674. The molecule has 1 aromatic carbocycles. The van der Waals surface area contributed by atoms with E-state index in [9.17, 15) is 0 Å². The molecule has 0 saturated carbocycles. The lowest BCUT2D eigenvalue weighted by atomic mass is 10.1. The Bertz CT molecular complexity index is 529. The minimum absolute atomic E-state index is 0.440. The molecule has 2 rings (SSSR count). The van der Waals surface area contributed by atoms with Crippen LogP contribution in [0.25, 0.3) is 11.1 Å². The quantitative estimate of drug-likeness (QED) is 0.909. The molecule has 0 amide bonds. The van der Waals surface area contributed by atoms with Crippen molar-refractivity contribution in [3.63, 3.8) is 0 Å². The zero-order valence-electron chi connectivity index (χ0n) is 9.48. The van der Waals surface area contributed by atoms with E-state index in [2.05, 4.69) is 4.98 Å². The van der Waals surface area contributed by atoms with Gasteiger partial charge in [0.15, 0.2) is 0 Å². The van der Waals surface area contributed by atoms with Gasteiger partial charge in [-0.25, -0.2) is 0 Å². The second kappa shape index (κ2) is 5.17. The smallest absolute Gasteiger partial charge is 0.137 e. The Hall–Kier alpha value is -1.58.